The molecule has 2 nitrogen and oxygen atoms in total. The van der Waals surface area contributed by atoms with E-state index in [0.717, 1.165) is 18.4 Å². The van der Waals surface area contributed by atoms with E-state index < -0.39 is 0 Å². The zero-order valence-corrected chi connectivity index (χ0v) is 12.5. The average molecular weight is 267 g/mol. The first-order chi connectivity index (χ1) is 9.02. The van der Waals surface area contributed by atoms with Crippen molar-refractivity contribution in [3.8, 4) is 5.75 Å². The van der Waals surface area contributed by atoms with Crippen molar-refractivity contribution in [1.29, 1.82) is 0 Å². The zero-order valence-electron chi connectivity index (χ0n) is 12.5. The van der Waals surface area contributed by atoms with Crippen molar-refractivity contribution in [3.63, 3.8) is 0 Å². The molecular formula is C16H26FNO. The second kappa shape index (κ2) is 8.16. The quantitative estimate of drug-likeness (QED) is 0.764. The van der Waals surface area contributed by atoms with Crippen molar-refractivity contribution in [2.75, 3.05) is 6.61 Å². The second-order valence-corrected chi connectivity index (χ2v) is 5.51. The van der Waals surface area contributed by atoms with Gasteiger partial charge in [-0.25, -0.2) is 4.39 Å². The standard InChI is InChI=1S/C16H26FNO/c1-5-6-13(4)11-19-16-8-7-14(9-15(16)17)10-18-12(2)3/h7-9,12-13,18H,5-6,10-11H2,1-4H3. The van der Waals surface area contributed by atoms with Gasteiger partial charge in [0.05, 0.1) is 6.61 Å². The Hall–Kier alpha value is -1.09. The molecule has 0 amide bonds. The highest BCUT2D eigenvalue weighted by Crippen LogP contribution is 2.19. The summed E-state index contributed by atoms with van der Waals surface area (Å²) in [4.78, 5) is 0. The summed E-state index contributed by atoms with van der Waals surface area (Å²) in [5.41, 5.74) is 0.945. The highest BCUT2D eigenvalue weighted by Gasteiger charge is 2.07. The van der Waals surface area contributed by atoms with Gasteiger partial charge in [0.1, 0.15) is 0 Å². The normalized spacial score (nSPS) is 12.7. The molecule has 108 valence electrons. The molecule has 0 heterocycles. The van der Waals surface area contributed by atoms with Gasteiger partial charge >= 0.3 is 0 Å². The van der Waals surface area contributed by atoms with Crippen molar-refractivity contribution >= 4 is 0 Å². The van der Waals surface area contributed by atoms with E-state index in [0.29, 0.717) is 30.9 Å². The molecule has 1 atom stereocenters. The van der Waals surface area contributed by atoms with Crippen molar-refractivity contribution in [2.45, 2.75) is 53.1 Å². The van der Waals surface area contributed by atoms with E-state index in [1.54, 1.807) is 12.1 Å². The number of ether oxygens (including phenoxy) is 1. The maximum Gasteiger partial charge on any atom is 0.165 e. The fraction of sp³-hybridized carbons (Fsp3) is 0.625. The molecule has 1 unspecified atom stereocenters. The van der Waals surface area contributed by atoms with Crippen LogP contribution in [-0.2, 0) is 6.54 Å². The highest BCUT2D eigenvalue weighted by atomic mass is 19.1. The minimum Gasteiger partial charge on any atom is -0.490 e. The summed E-state index contributed by atoms with van der Waals surface area (Å²) in [6.07, 6.45) is 2.24. The molecule has 3 heteroatoms. The van der Waals surface area contributed by atoms with E-state index in [2.05, 4.69) is 33.0 Å². The predicted octanol–water partition coefficient (Wildman–Crippen LogP) is 4.14. The number of nitrogens with one attached hydrogen (secondary N) is 1. The third-order valence-corrected chi connectivity index (χ3v) is 3.02. The van der Waals surface area contributed by atoms with Crippen LogP contribution >= 0.6 is 0 Å². The van der Waals surface area contributed by atoms with Crippen LogP contribution in [-0.4, -0.2) is 12.6 Å². The lowest BCUT2D eigenvalue weighted by Gasteiger charge is -2.13. The molecule has 0 aliphatic carbocycles. The van der Waals surface area contributed by atoms with Crippen LogP contribution in [0.2, 0.25) is 0 Å². The van der Waals surface area contributed by atoms with E-state index in [1.165, 1.54) is 0 Å². The van der Waals surface area contributed by atoms with Crippen molar-refractivity contribution in [2.24, 2.45) is 5.92 Å². The fourth-order valence-electron chi connectivity index (χ4n) is 1.90. The summed E-state index contributed by atoms with van der Waals surface area (Å²) in [6.45, 7) is 9.68. The average Bonchev–Trinajstić information content (AvgIpc) is 2.35. The molecule has 0 aromatic heterocycles. The lowest BCUT2D eigenvalue weighted by atomic mass is 10.1. The minimum absolute atomic E-state index is 0.272. The summed E-state index contributed by atoms with van der Waals surface area (Å²) in [6, 6.07) is 5.59. The Balaban J connectivity index is 2.52. The highest BCUT2D eigenvalue weighted by molar-refractivity contribution is 5.29. The van der Waals surface area contributed by atoms with Gasteiger partial charge in [0.15, 0.2) is 11.6 Å². The van der Waals surface area contributed by atoms with Crippen LogP contribution in [0.4, 0.5) is 4.39 Å². The van der Waals surface area contributed by atoms with Gasteiger partial charge in [0.2, 0.25) is 0 Å². The van der Waals surface area contributed by atoms with Crippen molar-refractivity contribution < 1.29 is 9.13 Å². The van der Waals surface area contributed by atoms with Gasteiger partial charge in [0.25, 0.3) is 0 Å². The number of rotatable bonds is 8. The number of hydrogen-bond donors (Lipinski definition) is 1. The summed E-state index contributed by atoms with van der Waals surface area (Å²) in [7, 11) is 0. The molecule has 0 aliphatic rings. The van der Waals surface area contributed by atoms with Crippen LogP contribution in [0, 0.1) is 11.7 Å². The predicted molar refractivity (Wildman–Crippen MR) is 77.9 cm³/mol. The van der Waals surface area contributed by atoms with Crippen LogP contribution in [0.3, 0.4) is 0 Å². The second-order valence-electron chi connectivity index (χ2n) is 5.51. The Labute approximate surface area is 116 Å². The molecule has 0 fully saturated rings. The van der Waals surface area contributed by atoms with Crippen molar-refractivity contribution in [3.05, 3.63) is 29.6 Å². The third-order valence-electron chi connectivity index (χ3n) is 3.02. The summed E-state index contributed by atoms with van der Waals surface area (Å²) >= 11 is 0. The Bertz CT molecular complexity index is 379. The summed E-state index contributed by atoms with van der Waals surface area (Å²) < 4.78 is 19.4. The topological polar surface area (TPSA) is 21.3 Å². The van der Waals surface area contributed by atoms with Crippen LogP contribution in [0.5, 0.6) is 5.75 Å². The molecular weight excluding hydrogens is 241 g/mol. The van der Waals surface area contributed by atoms with Gasteiger partial charge in [-0.05, 0) is 30.0 Å². The smallest absolute Gasteiger partial charge is 0.165 e. The Morgan fingerprint density at radius 1 is 1.26 bits per heavy atom. The number of hydrogen-bond acceptors (Lipinski definition) is 2. The molecule has 0 bridgehead atoms. The van der Waals surface area contributed by atoms with E-state index in [1.807, 2.05) is 6.07 Å². The summed E-state index contributed by atoms with van der Waals surface area (Å²) in [5.74, 6) is 0.551. The molecule has 0 radical (unpaired) electrons. The first kappa shape index (κ1) is 16.0. The Morgan fingerprint density at radius 3 is 2.58 bits per heavy atom. The Morgan fingerprint density at radius 2 is 2.00 bits per heavy atom. The number of halogens is 1. The van der Waals surface area contributed by atoms with Crippen LogP contribution in [0.25, 0.3) is 0 Å². The monoisotopic (exact) mass is 267 g/mol. The minimum atomic E-state index is -0.272. The molecule has 1 aromatic rings. The van der Waals surface area contributed by atoms with Gasteiger partial charge in [-0.1, -0.05) is 40.2 Å². The van der Waals surface area contributed by atoms with E-state index in [9.17, 15) is 4.39 Å². The molecule has 1 rings (SSSR count). The molecule has 0 aliphatic heterocycles. The van der Waals surface area contributed by atoms with Crippen LogP contribution in [0.15, 0.2) is 18.2 Å². The summed E-state index contributed by atoms with van der Waals surface area (Å²) in [5, 5.41) is 3.27. The maximum atomic E-state index is 13.9. The fourth-order valence-corrected chi connectivity index (χ4v) is 1.90. The maximum absolute atomic E-state index is 13.9. The van der Waals surface area contributed by atoms with Crippen LogP contribution < -0.4 is 10.1 Å². The first-order valence-electron chi connectivity index (χ1n) is 7.17. The lowest BCUT2D eigenvalue weighted by Crippen LogP contribution is -2.21. The van der Waals surface area contributed by atoms with E-state index in [4.69, 9.17) is 4.74 Å². The molecule has 0 saturated carbocycles. The molecule has 19 heavy (non-hydrogen) atoms. The van der Waals surface area contributed by atoms with Crippen LogP contribution in [0.1, 0.15) is 46.1 Å². The van der Waals surface area contributed by atoms with Gasteiger partial charge in [0, 0.05) is 12.6 Å². The van der Waals surface area contributed by atoms with E-state index >= 15 is 0 Å². The first-order valence-corrected chi connectivity index (χ1v) is 7.17. The van der Waals surface area contributed by atoms with Gasteiger partial charge in [-0.15, -0.1) is 0 Å². The Kier molecular flexibility index (Phi) is 6.85. The largest absolute Gasteiger partial charge is 0.490 e. The molecule has 1 aromatic carbocycles. The molecule has 1 N–H and O–H groups in total. The molecule has 0 spiro atoms. The third kappa shape index (κ3) is 6.06. The molecule has 0 saturated heterocycles. The zero-order chi connectivity index (χ0) is 14.3. The van der Waals surface area contributed by atoms with Gasteiger partial charge in [-0.3, -0.25) is 0 Å². The lowest BCUT2D eigenvalue weighted by molar-refractivity contribution is 0.241. The SMILES string of the molecule is CCCC(C)COc1ccc(CNC(C)C)cc1F. The van der Waals surface area contributed by atoms with Gasteiger partial charge < -0.3 is 10.1 Å². The van der Waals surface area contributed by atoms with Crippen molar-refractivity contribution in [1.82, 2.24) is 5.32 Å². The van der Waals surface area contributed by atoms with E-state index in [-0.39, 0.29) is 5.82 Å². The van der Waals surface area contributed by atoms with Gasteiger partial charge in [-0.2, -0.15) is 0 Å². The number of benzene rings is 1.